The van der Waals surface area contributed by atoms with Crippen molar-refractivity contribution in [2.75, 3.05) is 0 Å². The summed E-state index contributed by atoms with van der Waals surface area (Å²) >= 11 is 3.39. The van der Waals surface area contributed by atoms with E-state index in [-0.39, 0.29) is 10.7 Å². The van der Waals surface area contributed by atoms with Gasteiger partial charge < -0.3 is 0 Å². The molecule has 2 heterocycles. The summed E-state index contributed by atoms with van der Waals surface area (Å²) in [4.78, 5) is 24.3. The van der Waals surface area contributed by atoms with Crippen molar-refractivity contribution in [2.45, 2.75) is 31.0 Å². The first-order chi connectivity index (χ1) is 12.5. The van der Waals surface area contributed by atoms with E-state index in [1.54, 1.807) is 11.2 Å². The van der Waals surface area contributed by atoms with Crippen molar-refractivity contribution in [3.63, 3.8) is 0 Å². The second-order valence-electron chi connectivity index (χ2n) is 6.61. The highest BCUT2D eigenvalue weighted by Crippen LogP contribution is 2.49. The smallest absolute Gasteiger partial charge is 0.248 e. The number of nitro groups is 1. The highest BCUT2D eigenvalue weighted by atomic mass is 79.9. The fraction of sp³-hybridized carbons (Fsp3) is 0.263. The van der Waals surface area contributed by atoms with Crippen LogP contribution in [-0.4, -0.2) is 34.0 Å². The summed E-state index contributed by atoms with van der Waals surface area (Å²) in [5.74, 6) is -0.687. The number of nitrogens with zero attached hydrogens (tertiary/aromatic N) is 3. The Morgan fingerprint density at radius 1 is 1.19 bits per heavy atom. The second-order valence-corrected chi connectivity index (χ2v) is 7.52. The van der Waals surface area contributed by atoms with Crippen LogP contribution in [0, 0.1) is 10.1 Å². The summed E-state index contributed by atoms with van der Waals surface area (Å²) < 4.78 is 0.886. The molecule has 7 heteroatoms. The number of hydrogen-bond donors (Lipinski definition) is 0. The highest BCUT2D eigenvalue weighted by Gasteiger charge is 2.59. The van der Waals surface area contributed by atoms with E-state index in [9.17, 15) is 14.9 Å². The van der Waals surface area contributed by atoms with Gasteiger partial charge in [-0.25, -0.2) is 0 Å². The van der Waals surface area contributed by atoms with Gasteiger partial charge in [-0.05, 0) is 30.2 Å². The van der Waals surface area contributed by atoms with E-state index in [0.29, 0.717) is 0 Å². The summed E-state index contributed by atoms with van der Waals surface area (Å²) in [7, 11) is 0. The molecule has 0 radical (unpaired) electrons. The number of carbonyl (C=O) groups is 1. The van der Waals surface area contributed by atoms with Crippen molar-refractivity contribution in [1.82, 2.24) is 5.01 Å². The van der Waals surface area contributed by atoms with Gasteiger partial charge in [0.25, 0.3) is 0 Å². The Balaban J connectivity index is 1.91. The van der Waals surface area contributed by atoms with Crippen molar-refractivity contribution in [2.24, 2.45) is 5.10 Å². The fourth-order valence-corrected chi connectivity index (χ4v) is 4.39. The lowest BCUT2D eigenvalue weighted by molar-refractivity contribution is -0.529. The molecule has 2 aromatic carbocycles. The van der Waals surface area contributed by atoms with Crippen LogP contribution in [0.3, 0.4) is 0 Å². The van der Waals surface area contributed by atoms with E-state index >= 15 is 0 Å². The number of ketones is 1. The van der Waals surface area contributed by atoms with E-state index < -0.39 is 24.0 Å². The number of carbonyl (C=O) groups excluding carboxylic acids is 1. The molecule has 0 spiro atoms. The van der Waals surface area contributed by atoms with Gasteiger partial charge >= 0.3 is 0 Å². The zero-order chi connectivity index (χ0) is 18.4. The maximum absolute atomic E-state index is 12.5. The average Bonchev–Trinajstić information content (AvgIpc) is 2.98. The molecule has 0 bridgehead atoms. The fourth-order valence-electron chi connectivity index (χ4n) is 4.12. The van der Waals surface area contributed by atoms with Crippen LogP contribution in [0.1, 0.15) is 35.6 Å². The minimum Gasteiger partial charge on any atom is -0.298 e. The molecule has 1 fully saturated rings. The van der Waals surface area contributed by atoms with E-state index in [1.807, 2.05) is 48.5 Å². The molecular formula is C19H16BrN3O3. The van der Waals surface area contributed by atoms with Gasteiger partial charge in [0.1, 0.15) is 12.1 Å². The Morgan fingerprint density at radius 2 is 1.88 bits per heavy atom. The number of hydrogen-bond acceptors (Lipinski definition) is 5. The van der Waals surface area contributed by atoms with E-state index in [4.69, 9.17) is 0 Å². The Bertz CT molecular complexity index is 913. The number of fused-ring (bicyclic) bond motifs is 3. The predicted molar refractivity (Wildman–Crippen MR) is 101 cm³/mol. The first-order valence-corrected chi connectivity index (χ1v) is 9.09. The van der Waals surface area contributed by atoms with Crippen LogP contribution < -0.4 is 0 Å². The quantitative estimate of drug-likeness (QED) is 0.569. The molecule has 1 saturated heterocycles. The molecule has 0 aliphatic carbocycles. The van der Waals surface area contributed by atoms with E-state index in [1.165, 1.54) is 6.92 Å². The third-order valence-electron chi connectivity index (χ3n) is 5.16. The van der Waals surface area contributed by atoms with Crippen LogP contribution >= 0.6 is 15.9 Å². The minimum atomic E-state index is -0.955. The van der Waals surface area contributed by atoms with E-state index in [0.717, 1.165) is 21.2 Å². The van der Waals surface area contributed by atoms with Crippen molar-refractivity contribution >= 4 is 27.9 Å². The number of rotatable bonds is 3. The summed E-state index contributed by atoms with van der Waals surface area (Å²) in [6, 6.07) is 12.7. The molecule has 6 nitrogen and oxygen atoms in total. The SMILES string of the molecule is CC(=O)[C@@H]1[C@H](c2ccc(Br)cc2)[C@H]([N+](=O)[O-])[C@H]2c3ccccc3C=NN12. The van der Waals surface area contributed by atoms with Gasteiger partial charge in [0.15, 0.2) is 5.78 Å². The standard InChI is InChI=1S/C19H16BrN3O3/c1-11(24)17-16(12-6-8-14(20)9-7-12)19(23(25)26)18-15-5-3-2-4-13(15)10-21-22(17)18/h2-10,16-19H,1H3/t16-,17+,18+,19-/m0/s1. The van der Waals surface area contributed by atoms with Gasteiger partial charge in [-0.15, -0.1) is 0 Å². The molecule has 0 unspecified atom stereocenters. The van der Waals surface area contributed by atoms with Gasteiger partial charge in [0, 0.05) is 15.0 Å². The molecule has 4 rings (SSSR count). The summed E-state index contributed by atoms with van der Waals surface area (Å²) in [6.45, 7) is 1.48. The summed E-state index contributed by atoms with van der Waals surface area (Å²) in [6.07, 6.45) is 1.68. The normalized spacial score (nSPS) is 26.3. The zero-order valence-corrected chi connectivity index (χ0v) is 15.5. The van der Waals surface area contributed by atoms with Crippen LogP contribution in [0.4, 0.5) is 0 Å². The van der Waals surface area contributed by atoms with Gasteiger partial charge in [0.05, 0.1) is 12.1 Å². The third-order valence-corrected chi connectivity index (χ3v) is 5.69. The van der Waals surface area contributed by atoms with Gasteiger partial charge in [0.2, 0.25) is 6.04 Å². The first kappa shape index (κ1) is 16.9. The lowest BCUT2D eigenvalue weighted by Crippen LogP contribution is -2.36. The maximum atomic E-state index is 12.5. The number of Topliss-reactive ketones (excluding diaryl/α,β-unsaturated/α-hetero) is 1. The topological polar surface area (TPSA) is 75.8 Å². The molecule has 2 aromatic rings. The van der Waals surface area contributed by atoms with Crippen LogP contribution in [0.25, 0.3) is 0 Å². The monoisotopic (exact) mass is 413 g/mol. The summed E-state index contributed by atoms with van der Waals surface area (Å²) in [5.41, 5.74) is 2.48. The second kappa shape index (κ2) is 6.32. The van der Waals surface area contributed by atoms with Gasteiger partial charge in [-0.3, -0.25) is 19.9 Å². The third kappa shape index (κ3) is 2.54. The van der Waals surface area contributed by atoms with Crippen molar-refractivity contribution < 1.29 is 9.72 Å². The Kier molecular flexibility index (Phi) is 4.11. The number of hydrazone groups is 1. The minimum absolute atomic E-state index is 0.121. The highest BCUT2D eigenvalue weighted by molar-refractivity contribution is 9.10. The number of benzene rings is 2. The van der Waals surface area contributed by atoms with Gasteiger partial charge in [-0.1, -0.05) is 52.3 Å². The zero-order valence-electron chi connectivity index (χ0n) is 13.9. The lowest BCUT2D eigenvalue weighted by Gasteiger charge is -2.30. The Labute approximate surface area is 158 Å². The molecule has 0 saturated carbocycles. The molecule has 4 atom stereocenters. The van der Waals surface area contributed by atoms with Crippen LogP contribution in [0.2, 0.25) is 0 Å². The maximum Gasteiger partial charge on any atom is 0.248 e. The van der Waals surface area contributed by atoms with E-state index in [2.05, 4.69) is 21.0 Å². The summed E-state index contributed by atoms with van der Waals surface area (Å²) in [5, 5.41) is 18.2. The molecule has 132 valence electrons. The van der Waals surface area contributed by atoms with Crippen LogP contribution in [-0.2, 0) is 4.79 Å². The van der Waals surface area contributed by atoms with Crippen molar-refractivity contribution in [3.8, 4) is 0 Å². The predicted octanol–water partition coefficient (Wildman–Crippen LogP) is 3.54. The number of halogens is 1. The molecule has 2 aliphatic rings. The molecular weight excluding hydrogens is 398 g/mol. The van der Waals surface area contributed by atoms with Crippen LogP contribution in [0.15, 0.2) is 58.1 Å². The van der Waals surface area contributed by atoms with Crippen molar-refractivity contribution in [1.29, 1.82) is 0 Å². The average molecular weight is 414 g/mol. The van der Waals surface area contributed by atoms with Crippen molar-refractivity contribution in [3.05, 3.63) is 79.8 Å². The molecule has 0 amide bonds. The first-order valence-electron chi connectivity index (χ1n) is 8.29. The van der Waals surface area contributed by atoms with Crippen LogP contribution in [0.5, 0.6) is 0 Å². The molecule has 0 N–H and O–H groups in total. The molecule has 26 heavy (non-hydrogen) atoms. The Morgan fingerprint density at radius 3 is 2.54 bits per heavy atom. The molecule has 0 aromatic heterocycles. The van der Waals surface area contributed by atoms with Gasteiger partial charge in [-0.2, -0.15) is 5.10 Å². The largest absolute Gasteiger partial charge is 0.298 e. The lowest BCUT2D eigenvalue weighted by atomic mass is 9.84. The Hall–Kier alpha value is -2.54. The molecule has 2 aliphatic heterocycles.